The largest absolute Gasteiger partial charge is 0.374 e. The van der Waals surface area contributed by atoms with Gasteiger partial charge in [-0.25, -0.2) is 0 Å². The molecule has 4 nitrogen and oxygen atoms in total. The van der Waals surface area contributed by atoms with Crippen LogP contribution in [0.3, 0.4) is 0 Å². The van der Waals surface area contributed by atoms with Crippen LogP contribution in [0.5, 0.6) is 0 Å². The standard InChI is InChI=1S/C12H19BrClN3O/c1-8-7-18-10(4-14)5-17(8)6-11-12(13)9(2)15-16(11)3/h8,10H,4-7H2,1-3H3. The molecule has 2 unspecified atom stereocenters. The Labute approximate surface area is 121 Å². The van der Waals surface area contributed by atoms with E-state index in [1.165, 1.54) is 5.69 Å². The third kappa shape index (κ3) is 2.90. The summed E-state index contributed by atoms with van der Waals surface area (Å²) in [6.45, 7) is 6.68. The first-order valence-corrected chi connectivity index (χ1v) is 7.45. The van der Waals surface area contributed by atoms with Crippen LogP contribution in [-0.4, -0.2) is 45.9 Å². The van der Waals surface area contributed by atoms with Gasteiger partial charge in [0.05, 0.1) is 28.6 Å². The maximum absolute atomic E-state index is 5.88. The molecule has 2 rings (SSSR count). The topological polar surface area (TPSA) is 30.3 Å². The van der Waals surface area contributed by atoms with Crippen molar-refractivity contribution in [2.24, 2.45) is 7.05 Å². The predicted molar refractivity (Wildman–Crippen MR) is 76.0 cm³/mol. The predicted octanol–water partition coefficient (Wildman–Crippen LogP) is 2.32. The second-order valence-corrected chi connectivity index (χ2v) is 5.96. The van der Waals surface area contributed by atoms with Crippen molar-refractivity contribution in [1.82, 2.24) is 14.7 Å². The third-order valence-corrected chi connectivity index (χ3v) is 4.80. The highest BCUT2D eigenvalue weighted by Gasteiger charge is 2.27. The lowest BCUT2D eigenvalue weighted by Gasteiger charge is -2.37. The highest BCUT2D eigenvalue weighted by atomic mass is 79.9. The van der Waals surface area contributed by atoms with Crippen molar-refractivity contribution in [2.75, 3.05) is 19.0 Å². The molecule has 6 heteroatoms. The zero-order chi connectivity index (χ0) is 13.3. The first-order valence-electron chi connectivity index (χ1n) is 6.12. The molecule has 0 spiro atoms. The Morgan fingerprint density at radius 2 is 2.28 bits per heavy atom. The van der Waals surface area contributed by atoms with Crippen molar-refractivity contribution in [1.29, 1.82) is 0 Å². The van der Waals surface area contributed by atoms with Gasteiger partial charge in [0.1, 0.15) is 0 Å². The number of aryl methyl sites for hydroxylation is 2. The molecule has 18 heavy (non-hydrogen) atoms. The highest BCUT2D eigenvalue weighted by molar-refractivity contribution is 9.10. The Balaban J connectivity index is 2.11. The molecule has 2 heterocycles. The van der Waals surface area contributed by atoms with Crippen molar-refractivity contribution in [2.45, 2.75) is 32.5 Å². The minimum absolute atomic E-state index is 0.135. The molecule has 1 aromatic rings. The average Bonchev–Trinajstić information content (AvgIpc) is 2.58. The van der Waals surface area contributed by atoms with E-state index in [0.29, 0.717) is 11.9 Å². The molecule has 0 amide bonds. The van der Waals surface area contributed by atoms with Gasteiger partial charge in [0, 0.05) is 32.1 Å². The summed E-state index contributed by atoms with van der Waals surface area (Å²) in [6, 6.07) is 0.409. The lowest BCUT2D eigenvalue weighted by molar-refractivity contribution is -0.0518. The monoisotopic (exact) mass is 335 g/mol. The van der Waals surface area contributed by atoms with Gasteiger partial charge in [-0.1, -0.05) is 0 Å². The summed E-state index contributed by atoms with van der Waals surface area (Å²) in [5, 5.41) is 4.43. The Morgan fingerprint density at radius 3 is 2.83 bits per heavy atom. The van der Waals surface area contributed by atoms with Crippen LogP contribution in [0.25, 0.3) is 0 Å². The lowest BCUT2D eigenvalue weighted by atomic mass is 10.2. The summed E-state index contributed by atoms with van der Waals surface area (Å²) in [6.07, 6.45) is 0.135. The quantitative estimate of drug-likeness (QED) is 0.794. The van der Waals surface area contributed by atoms with E-state index >= 15 is 0 Å². The minimum Gasteiger partial charge on any atom is -0.374 e. The molecule has 0 radical (unpaired) electrons. The molecule has 2 atom stereocenters. The fourth-order valence-corrected chi connectivity index (χ4v) is 2.88. The van der Waals surface area contributed by atoms with E-state index < -0.39 is 0 Å². The Morgan fingerprint density at radius 1 is 1.56 bits per heavy atom. The molecule has 1 fully saturated rings. The molecule has 1 aromatic heterocycles. The normalized spacial score (nSPS) is 25.6. The van der Waals surface area contributed by atoms with E-state index in [9.17, 15) is 0 Å². The van der Waals surface area contributed by atoms with Gasteiger partial charge >= 0.3 is 0 Å². The van der Waals surface area contributed by atoms with Gasteiger partial charge in [0.2, 0.25) is 0 Å². The fourth-order valence-electron chi connectivity index (χ4n) is 2.23. The maximum Gasteiger partial charge on any atom is 0.0838 e. The van der Waals surface area contributed by atoms with Crippen LogP contribution in [0.2, 0.25) is 0 Å². The number of rotatable bonds is 3. The van der Waals surface area contributed by atoms with Crippen molar-refractivity contribution < 1.29 is 4.74 Å². The Kier molecular flexibility index (Phi) is 4.69. The van der Waals surface area contributed by atoms with Crippen molar-refractivity contribution in [3.8, 4) is 0 Å². The fraction of sp³-hybridized carbons (Fsp3) is 0.750. The number of halogens is 2. The number of ether oxygens (including phenoxy) is 1. The van der Waals surface area contributed by atoms with Gasteiger partial charge in [0.25, 0.3) is 0 Å². The van der Waals surface area contributed by atoms with Gasteiger partial charge in [-0.3, -0.25) is 9.58 Å². The molecule has 1 saturated heterocycles. The van der Waals surface area contributed by atoms with Gasteiger partial charge in [-0.2, -0.15) is 5.10 Å². The van der Waals surface area contributed by atoms with Gasteiger partial charge in [0.15, 0.2) is 0 Å². The number of alkyl halides is 1. The third-order valence-electron chi connectivity index (χ3n) is 3.42. The molecule has 0 aliphatic carbocycles. The second kappa shape index (κ2) is 5.90. The number of aromatic nitrogens is 2. The zero-order valence-electron chi connectivity index (χ0n) is 11.0. The van der Waals surface area contributed by atoms with E-state index in [1.807, 2.05) is 18.7 Å². The van der Waals surface area contributed by atoms with Gasteiger partial charge in [-0.05, 0) is 29.8 Å². The van der Waals surface area contributed by atoms with Crippen molar-refractivity contribution in [3.05, 3.63) is 15.9 Å². The molecule has 102 valence electrons. The zero-order valence-corrected chi connectivity index (χ0v) is 13.3. The van der Waals surface area contributed by atoms with E-state index in [4.69, 9.17) is 16.3 Å². The smallest absolute Gasteiger partial charge is 0.0838 e. The number of morpholine rings is 1. The lowest BCUT2D eigenvalue weighted by Crippen LogP contribution is -2.48. The molecule has 0 bridgehead atoms. The van der Waals surface area contributed by atoms with Crippen LogP contribution >= 0.6 is 27.5 Å². The summed E-state index contributed by atoms with van der Waals surface area (Å²) in [7, 11) is 1.98. The summed E-state index contributed by atoms with van der Waals surface area (Å²) < 4.78 is 8.71. The molecular formula is C12H19BrClN3O. The average molecular weight is 337 g/mol. The number of nitrogens with zero attached hydrogens (tertiary/aromatic N) is 3. The van der Waals surface area contributed by atoms with Crippen molar-refractivity contribution >= 4 is 27.5 Å². The first kappa shape index (κ1) is 14.3. The molecule has 1 aliphatic heterocycles. The van der Waals surface area contributed by atoms with E-state index in [0.717, 1.165) is 29.9 Å². The van der Waals surface area contributed by atoms with Crippen LogP contribution in [0, 0.1) is 6.92 Å². The van der Waals surface area contributed by atoms with Gasteiger partial charge < -0.3 is 4.74 Å². The summed E-state index contributed by atoms with van der Waals surface area (Å²) >= 11 is 9.50. The van der Waals surface area contributed by atoms with Crippen LogP contribution in [-0.2, 0) is 18.3 Å². The maximum atomic E-state index is 5.88. The highest BCUT2D eigenvalue weighted by Crippen LogP contribution is 2.24. The van der Waals surface area contributed by atoms with Crippen LogP contribution < -0.4 is 0 Å². The van der Waals surface area contributed by atoms with E-state index in [2.05, 4.69) is 32.9 Å². The van der Waals surface area contributed by atoms with Gasteiger partial charge in [-0.15, -0.1) is 11.6 Å². The van der Waals surface area contributed by atoms with Crippen LogP contribution in [0.15, 0.2) is 4.47 Å². The van der Waals surface area contributed by atoms with E-state index in [-0.39, 0.29) is 6.10 Å². The molecule has 0 N–H and O–H groups in total. The number of hydrogen-bond donors (Lipinski definition) is 0. The Bertz CT molecular complexity index is 424. The molecule has 1 aliphatic rings. The minimum atomic E-state index is 0.135. The molecule has 0 saturated carbocycles. The first-order chi connectivity index (χ1) is 8.52. The molecule has 0 aromatic carbocycles. The summed E-state index contributed by atoms with van der Waals surface area (Å²) in [5.41, 5.74) is 2.23. The van der Waals surface area contributed by atoms with E-state index in [1.54, 1.807) is 0 Å². The van der Waals surface area contributed by atoms with Crippen LogP contribution in [0.4, 0.5) is 0 Å². The summed E-state index contributed by atoms with van der Waals surface area (Å²) in [4.78, 5) is 2.40. The van der Waals surface area contributed by atoms with Crippen LogP contribution in [0.1, 0.15) is 18.3 Å². The second-order valence-electron chi connectivity index (χ2n) is 4.86. The number of hydrogen-bond acceptors (Lipinski definition) is 3. The Hall–Kier alpha value is -0.100. The molecular weight excluding hydrogens is 318 g/mol. The van der Waals surface area contributed by atoms with Crippen molar-refractivity contribution in [3.63, 3.8) is 0 Å². The summed E-state index contributed by atoms with van der Waals surface area (Å²) in [5.74, 6) is 0.550. The SMILES string of the molecule is Cc1nn(C)c(CN2CC(CCl)OCC2C)c1Br.